The van der Waals surface area contributed by atoms with E-state index in [0.29, 0.717) is 0 Å². The van der Waals surface area contributed by atoms with Crippen molar-refractivity contribution >= 4 is 0 Å². The van der Waals surface area contributed by atoms with Crippen molar-refractivity contribution in [3.63, 3.8) is 0 Å². The van der Waals surface area contributed by atoms with Gasteiger partial charge in [0.2, 0.25) is 0 Å². The first-order valence-electron chi connectivity index (χ1n) is 5.48. The van der Waals surface area contributed by atoms with Crippen LogP contribution < -0.4 is 10.1 Å². The van der Waals surface area contributed by atoms with Gasteiger partial charge in [0, 0.05) is 12.0 Å². The van der Waals surface area contributed by atoms with E-state index in [2.05, 4.69) is 11.4 Å². The Morgan fingerprint density at radius 3 is 2.56 bits per heavy atom. The minimum Gasteiger partial charge on any atom is -0.496 e. The largest absolute Gasteiger partial charge is 0.496 e. The number of aliphatic hydroxyl groups is 1. The molecule has 0 saturated carbocycles. The van der Waals surface area contributed by atoms with Crippen molar-refractivity contribution in [3.05, 3.63) is 29.3 Å². The minimum atomic E-state index is -0.244. The van der Waals surface area contributed by atoms with Gasteiger partial charge in [-0.05, 0) is 31.2 Å². The smallest absolute Gasteiger partial charge is 0.121 e. The summed E-state index contributed by atoms with van der Waals surface area (Å²) in [5.74, 6) is 0.883. The summed E-state index contributed by atoms with van der Waals surface area (Å²) in [7, 11) is 3.56. The number of rotatable bonds is 5. The van der Waals surface area contributed by atoms with Gasteiger partial charge in [-0.1, -0.05) is 19.1 Å². The summed E-state index contributed by atoms with van der Waals surface area (Å²) in [6, 6.07) is 6.04. The number of likely N-dealkylation sites (N-methyl/N-ethyl adjacent to an activating group) is 1. The van der Waals surface area contributed by atoms with E-state index in [0.717, 1.165) is 23.4 Å². The number of aryl methyl sites for hydroxylation is 1. The highest BCUT2D eigenvalue weighted by Crippen LogP contribution is 2.27. The molecule has 3 heteroatoms. The number of benzene rings is 1. The molecule has 1 aromatic rings. The fourth-order valence-electron chi connectivity index (χ4n) is 1.89. The summed E-state index contributed by atoms with van der Waals surface area (Å²) in [5, 5.41) is 12.6. The third kappa shape index (κ3) is 2.54. The maximum Gasteiger partial charge on any atom is 0.121 e. The Balaban J connectivity index is 3.07. The number of nitrogens with one attached hydrogen (secondary N) is 1. The molecule has 0 heterocycles. The van der Waals surface area contributed by atoms with E-state index in [1.807, 2.05) is 33.0 Å². The molecule has 16 heavy (non-hydrogen) atoms. The molecule has 1 unspecified atom stereocenters. The zero-order valence-electron chi connectivity index (χ0n) is 10.5. The molecule has 2 N–H and O–H groups in total. The van der Waals surface area contributed by atoms with Crippen LogP contribution in [0.25, 0.3) is 0 Å². The molecule has 0 aliphatic carbocycles. The van der Waals surface area contributed by atoms with E-state index in [-0.39, 0.29) is 12.0 Å². The summed E-state index contributed by atoms with van der Waals surface area (Å²) in [6.45, 7) is 4.93. The molecule has 1 aromatic carbocycles. The maximum atomic E-state index is 9.52. The van der Waals surface area contributed by atoms with Crippen LogP contribution in [0.2, 0.25) is 0 Å². The Kier molecular flexibility index (Phi) is 4.33. The summed E-state index contributed by atoms with van der Waals surface area (Å²) < 4.78 is 5.23. The second-order valence-electron chi connectivity index (χ2n) is 4.43. The van der Waals surface area contributed by atoms with Gasteiger partial charge in [0.1, 0.15) is 5.75 Å². The lowest BCUT2D eigenvalue weighted by Gasteiger charge is -2.28. The van der Waals surface area contributed by atoms with E-state index >= 15 is 0 Å². The van der Waals surface area contributed by atoms with Crippen molar-refractivity contribution in [2.24, 2.45) is 0 Å². The lowest BCUT2D eigenvalue weighted by atomic mass is 9.82. The zero-order valence-corrected chi connectivity index (χ0v) is 10.5. The van der Waals surface area contributed by atoms with Gasteiger partial charge < -0.3 is 15.2 Å². The molecular formula is C13H21NO2. The first kappa shape index (κ1) is 13.0. The molecule has 3 nitrogen and oxygen atoms in total. The Bertz CT molecular complexity index is 352. The Morgan fingerprint density at radius 2 is 2.12 bits per heavy atom. The van der Waals surface area contributed by atoms with Crippen LogP contribution in [0.15, 0.2) is 18.2 Å². The number of aliphatic hydroxyl groups excluding tert-OH is 1. The van der Waals surface area contributed by atoms with Crippen LogP contribution in [-0.2, 0) is 5.41 Å². The average Bonchev–Trinajstić information content (AvgIpc) is 2.29. The predicted molar refractivity (Wildman–Crippen MR) is 66.1 cm³/mol. The quantitative estimate of drug-likeness (QED) is 0.794. The zero-order chi connectivity index (χ0) is 12.2. The normalized spacial score (nSPS) is 14.6. The summed E-state index contributed by atoms with van der Waals surface area (Å²) >= 11 is 0. The van der Waals surface area contributed by atoms with Crippen molar-refractivity contribution in [1.82, 2.24) is 5.32 Å². The summed E-state index contributed by atoms with van der Waals surface area (Å²) in [6.07, 6.45) is 0. The fourth-order valence-corrected chi connectivity index (χ4v) is 1.89. The van der Waals surface area contributed by atoms with Gasteiger partial charge >= 0.3 is 0 Å². The van der Waals surface area contributed by atoms with Gasteiger partial charge in [-0.15, -0.1) is 0 Å². The highest BCUT2D eigenvalue weighted by Gasteiger charge is 2.25. The molecule has 0 spiro atoms. The van der Waals surface area contributed by atoms with Gasteiger partial charge in [0.25, 0.3) is 0 Å². The first-order chi connectivity index (χ1) is 7.57. The lowest BCUT2D eigenvalue weighted by Crippen LogP contribution is -2.37. The van der Waals surface area contributed by atoms with E-state index in [1.54, 1.807) is 7.11 Å². The average molecular weight is 223 g/mol. The van der Waals surface area contributed by atoms with Crippen molar-refractivity contribution < 1.29 is 9.84 Å². The van der Waals surface area contributed by atoms with Crippen molar-refractivity contribution in [2.75, 3.05) is 27.3 Å². The predicted octanol–water partition coefficient (Wildman–Crippen LogP) is 1.47. The van der Waals surface area contributed by atoms with Gasteiger partial charge in [0.15, 0.2) is 0 Å². The second kappa shape index (κ2) is 5.32. The standard InChI is InChI=1S/C13H21NO2/c1-10-7-11(5-6-12(10)16-4)13(2,9-15)8-14-3/h5-7,14-15H,8-9H2,1-4H3. The first-order valence-corrected chi connectivity index (χ1v) is 5.48. The highest BCUT2D eigenvalue weighted by atomic mass is 16.5. The molecule has 0 radical (unpaired) electrons. The molecule has 0 aromatic heterocycles. The van der Waals surface area contributed by atoms with E-state index in [9.17, 15) is 5.11 Å². The van der Waals surface area contributed by atoms with Gasteiger partial charge in [-0.2, -0.15) is 0 Å². The van der Waals surface area contributed by atoms with Crippen LogP contribution in [0.5, 0.6) is 5.75 Å². The van der Waals surface area contributed by atoms with Crippen molar-refractivity contribution in [3.8, 4) is 5.75 Å². The van der Waals surface area contributed by atoms with Crippen LogP contribution in [0, 0.1) is 6.92 Å². The molecule has 0 amide bonds. The Morgan fingerprint density at radius 1 is 1.44 bits per heavy atom. The van der Waals surface area contributed by atoms with Gasteiger partial charge in [0.05, 0.1) is 13.7 Å². The topological polar surface area (TPSA) is 41.5 Å². The highest BCUT2D eigenvalue weighted by molar-refractivity contribution is 5.39. The number of methoxy groups -OCH3 is 1. The van der Waals surface area contributed by atoms with E-state index < -0.39 is 0 Å². The van der Waals surface area contributed by atoms with E-state index in [1.165, 1.54) is 0 Å². The molecule has 0 saturated heterocycles. The summed E-state index contributed by atoms with van der Waals surface area (Å²) in [4.78, 5) is 0. The number of hydrogen-bond acceptors (Lipinski definition) is 3. The fraction of sp³-hybridized carbons (Fsp3) is 0.538. The monoisotopic (exact) mass is 223 g/mol. The Hall–Kier alpha value is -1.06. The minimum absolute atomic E-state index is 0.125. The molecule has 0 aliphatic rings. The van der Waals surface area contributed by atoms with Crippen LogP contribution in [0.4, 0.5) is 0 Å². The van der Waals surface area contributed by atoms with Crippen molar-refractivity contribution in [2.45, 2.75) is 19.3 Å². The Labute approximate surface area is 97.4 Å². The molecule has 0 fully saturated rings. The molecule has 0 bridgehead atoms. The molecular weight excluding hydrogens is 202 g/mol. The van der Waals surface area contributed by atoms with E-state index in [4.69, 9.17) is 4.74 Å². The van der Waals surface area contributed by atoms with Crippen molar-refractivity contribution in [1.29, 1.82) is 0 Å². The van der Waals surface area contributed by atoms with Gasteiger partial charge in [-0.25, -0.2) is 0 Å². The van der Waals surface area contributed by atoms with Gasteiger partial charge in [-0.3, -0.25) is 0 Å². The third-order valence-electron chi connectivity index (χ3n) is 3.01. The molecule has 90 valence electrons. The van der Waals surface area contributed by atoms with Crippen LogP contribution in [0.1, 0.15) is 18.1 Å². The SMILES string of the molecule is CNCC(C)(CO)c1ccc(OC)c(C)c1. The van der Waals surface area contributed by atoms with Crippen LogP contribution in [0.3, 0.4) is 0 Å². The second-order valence-corrected chi connectivity index (χ2v) is 4.43. The number of hydrogen-bond donors (Lipinski definition) is 2. The maximum absolute atomic E-state index is 9.52. The number of ether oxygens (including phenoxy) is 1. The van der Waals surface area contributed by atoms with Crippen LogP contribution in [-0.4, -0.2) is 32.4 Å². The molecule has 1 rings (SSSR count). The summed E-state index contributed by atoms with van der Waals surface area (Å²) in [5.41, 5.74) is 1.98. The molecule has 0 aliphatic heterocycles. The molecule has 1 atom stereocenters. The lowest BCUT2D eigenvalue weighted by molar-refractivity contribution is 0.204. The van der Waals surface area contributed by atoms with Crippen LogP contribution >= 0.6 is 0 Å². The third-order valence-corrected chi connectivity index (χ3v) is 3.01.